The molecule has 3 unspecified atom stereocenters. The Morgan fingerprint density at radius 2 is 2.08 bits per heavy atom. The number of rotatable bonds is 5. The van der Waals surface area contributed by atoms with Gasteiger partial charge in [0.1, 0.15) is 0 Å². The maximum atomic E-state index is 13.0. The molecule has 2 rings (SSSR count). The fourth-order valence-electron chi connectivity index (χ4n) is 3.13. The van der Waals surface area contributed by atoms with Crippen LogP contribution in [0.15, 0.2) is 30.3 Å². The molecule has 7 heteroatoms. The molecule has 128 valence electrons. The molecule has 0 spiro atoms. The number of carbonyl (C=O) groups excluding carboxylic acids is 2. The fraction of sp³-hybridized carbons (Fsp3) is 0.444. The summed E-state index contributed by atoms with van der Waals surface area (Å²) < 4.78 is 2.88. The van der Waals surface area contributed by atoms with E-state index in [0.29, 0.717) is 45.3 Å². The first-order valence-electron chi connectivity index (χ1n) is 8.16. The molecule has 5 nitrogen and oxygen atoms in total. The molecule has 1 saturated heterocycles. The van der Waals surface area contributed by atoms with E-state index in [1.54, 1.807) is 4.90 Å². The third-order valence-electron chi connectivity index (χ3n) is 4.61. The Morgan fingerprint density at radius 3 is 2.68 bits per heavy atom. The van der Waals surface area contributed by atoms with E-state index in [9.17, 15) is 9.59 Å². The number of nitrogens with zero attached hydrogens (tertiary/aromatic N) is 2. The van der Waals surface area contributed by atoms with Crippen molar-refractivity contribution in [2.45, 2.75) is 28.4 Å². The third-order valence-corrected chi connectivity index (χ3v) is 7.55. The average Bonchev–Trinajstić information content (AvgIpc) is 2.65. The van der Waals surface area contributed by atoms with Crippen LogP contribution in [0.4, 0.5) is 0 Å². The summed E-state index contributed by atoms with van der Waals surface area (Å²) in [4.78, 5) is 28.9. The van der Waals surface area contributed by atoms with Crippen LogP contribution in [0.25, 0.3) is 0 Å². The summed E-state index contributed by atoms with van der Waals surface area (Å²) in [5.74, 6) is 2.72. The van der Waals surface area contributed by atoms with Crippen molar-refractivity contribution in [1.29, 1.82) is 0 Å². The molecule has 0 saturated carbocycles. The number of primary amides is 1. The van der Waals surface area contributed by atoms with Gasteiger partial charge in [-0.3, -0.25) is 0 Å². The van der Waals surface area contributed by atoms with Gasteiger partial charge in [-0.25, -0.2) is 0 Å². The molecule has 0 aromatic heterocycles. The molecule has 1 heterocycles. The average molecular weight is 726 g/mol. The van der Waals surface area contributed by atoms with E-state index in [-0.39, 0.29) is 15.4 Å². The van der Waals surface area contributed by atoms with Crippen molar-refractivity contribution in [1.82, 2.24) is 9.80 Å². The summed E-state index contributed by atoms with van der Waals surface area (Å²) in [6.45, 7) is 1.27. The molecule has 1 fully saturated rings. The molecule has 0 aliphatic carbocycles. The van der Waals surface area contributed by atoms with E-state index < -0.39 is 11.9 Å². The van der Waals surface area contributed by atoms with Crippen LogP contribution in [0.5, 0.6) is 0 Å². The summed E-state index contributed by atoms with van der Waals surface area (Å²) in [5.41, 5.74) is 6.65. The number of benzene rings is 1. The number of carbonyl (C=O) groups is 2. The summed E-state index contributed by atoms with van der Waals surface area (Å²) in [5, 5.41) is 0. The number of amides is 2. The van der Waals surface area contributed by atoms with Gasteiger partial charge in [-0.1, -0.05) is 0 Å². The predicted octanol–water partition coefficient (Wildman–Crippen LogP) is -0.198. The summed E-state index contributed by atoms with van der Waals surface area (Å²) in [6.07, 6.45) is 1.43. The van der Waals surface area contributed by atoms with Gasteiger partial charge in [-0.2, -0.15) is 0 Å². The third kappa shape index (κ3) is 5.50. The summed E-state index contributed by atoms with van der Waals surface area (Å²) in [6, 6.07) is 9.48. The van der Waals surface area contributed by atoms with Crippen molar-refractivity contribution >= 4 is 63.3 Å². The van der Waals surface area contributed by atoms with Crippen LogP contribution in [-0.4, -0.2) is 105 Å². The van der Waals surface area contributed by atoms with Gasteiger partial charge >= 0.3 is 182 Å². The molecular weight excluding hydrogens is 705 g/mol. The molecule has 0 bridgehead atoms. The van der Waals surface area contributed by atoms with E-state index in [2.05, 4.69) is 14.3 Å². The van der Waals surface area contributed by atoms with E-state index >= 15 is 0 Å². The molecule has 1 aliphatic heterocycles. The second-order valence-electron chi connectivity index (χ2n) is 6.19. The van der Waals surface area contributed by atoms with Gasteiger partial charge in [-0.15, -0.1) is 0 Å². The first-order valence-corrected chi connectivity index (χ1v) is 12.3. The van der Waals surface area contributed by atoms with Crippen molar-refractivity contribution in [3.05, 3.63) is 35.9 Å². The Balaban J connectivity index is 2.11. The Labute approximate surface area is 181 Å². The van der Waals surface area contributed by atoms with Crippen LogP contribution in [0.2, 0.25) is 0 Å². The zero-order chi connectivity index (χ0) is 18.4. The number of nitrogens with two attached hydrogens (primary N) is 1. The molecular formula is C18H21N3O2Pb2. The first kappa shape index (κ1) is 20.8. The Morgan fingerprint density at radius 1 is 1.40 bits per heavy atom. The number of likely N-dealkylation sites (tertiary alicyclic amines) is 1. The van der Waals surface area contributed by atoms with Crippen LogP contribution in [-0.2, 0) is 9.59 Å². The minimum absolute atomic E-state index is 0.0297. The van der Waals surface area contributed by atoms with Crippen LogP contribution in [0.1, 0.15) is 21.9 Å². The second-order valence-corrected chi connectivity index (χ2v) is 9.40. The zero-order valence-corrected chi connectivity index (χ0v) is 22.0. The van der Waals surface area contributed by atoms with Crippen LogP contribution in [0, 0.1) is 9.40 Å². The number of hydrogen-bond donors (Lipinski definition) is 1. The van der Waals surface area contributed by atoms with Gasteiger partial charge in [0.05, 0.1) is 0 Å². The molecule has 1 aromatic carbocycles. The van der Waals surface area contributed by atoms with Gasteiger partial charge in [0.15, 0.2) is 0 Å². The van der Waals surface area contributed by atoms with Gasteiger partial charge in [0, 0.05) is 0 Å². The van der Waals surface area contributed by atoms with Gasteiger partial charge < -0.3 is 0 Å². The Hall–Kier alpha value is -0.476. The van der Waals surface area contributed by atoms with Gasteiger partial charge in [0.2, 0.25) is 0 Å². The van der Waals surface area contributed by atoms with Crippen LogP contribution < -0.4 is 5.73 Å². The molecule has 1 aromatic rings. The fourth-order valence-corrected chi connectivity index (χ4v) is 4.83. The van der Waals surface area contributed by atoms with Crippen LogP contribution in [0.3, 0.4) is 0 Å². The van der Waals surface area contributed by atoms with E-state index in [4.69, 9.17) is 5.73 Å². The summed E-state index contributed by atoms with van der Waals surface area (Å²) in [7, 11) is 2.02. The monoisotopic (exact) mass is 727 g/mol. The Kier molecular flexibility index (Phi) is 8.34. The normalized spacial score (nSPS) is 21.4. The van der Waals surface area contributed by atoms with E-state index in [1.807, 2.05) is 37.4 Å². The standard InChI is InChI=1S/C18H21N3O2.2Pb/c1-3-10-20(2)15-9-11-21(16(13-15)18(19)23)17(22)12-14-7-5-4-6-8-14;;/h4-8,12,15-16H,9-11,13H2,2H3,(H2,19,23);;. The molecule has 2 amide bonds. The minimum atomic E-state index is -0.530. The number of piperidine rings is 1. The first-order chi connectivity index (χ1) is 12.0. The summed E-state index contributed by atoms with van der Waals surface area (Å²) >= 11 is 1.58. The van der Waals surface area contributed by atoms with Crippen molar-refractivity contribution in [2.75, 3.05) is 20.1 Å². The predicted molar refractivity (Wildman–Crippen MR) is 98.8 cm³/mol. The number of hydrogen-bond acceptors (Lipinski definition) is 3. The molecule has 2 N–H and O–H groups in total. The topological polar surface area (TPSA) is 66.6 Å². The second kappa shape index (κ2) is 10.0. The molecule has 3 atom stereocenters. The zero-order valence-electron chi connectivity index (χ0n) is 14.2. The molecule has 1 aliphatic rings. The van der Waals surface area contributed by atoms with Crippen molar-refractivity contribution in [3.8, 4) is 9.40 Å². The maximum absolute atomic E-state index is 13.0. The van der Waals surface area contributed by atoms with Gasteiger partial charge in [0.25, 0.3) is 0 Å². The van der Waals surface area contributed by atoms with Crippen LogP contribution >= 0.6 is 0 Å². The molecule has 6 radical (unpaired) electrons. The van der Waals surface area contributed by atoms with E-state index in [0.717, 1.165) is 37.8 Å². The van der Waals surface area contributed by atoms with Crippen molar-refractivity contribution in [2.24, 2.45) is 5.73 Å². The molecule has 25 heavy (non-hydrogen) atoms. The quantitative estimate of drug-likeness (QED) is 0.339. The van der Waals surface area contributed by atoms with Crippen molar-refractivity contribution < 1.29 is 9.59 Å². The van der Waals surface area contributed by atoms with Gasteiger partial charge in [-0.05, 0) is 0 Å². The van der Waals surface area contributed by atoms with E-state index in [1.165, 1.54) is 0 Å². The SMILES string of the molecule is CN(CC#[C][Pb])C1CCN(C(=O)[CH]([Pb])c2ccccc2)C(C(N)=O)C1. The Bertz CT molecular complexity index is 672. The van der Waals surface area contributed by atoms with Crippen molar-refractivity contribution in [3.63, 3.8) is 0 Å².